The minimum Gasteiger partial charge on any atom is -0.370 e. The quantitative estimate of drug-likeness (QED) is 0.682. The van der Waals surface area contributed by atoms with Crippen molar-refractivity contribution in [3.8, 4) is 0 Å². The number of rotatable bonds is 3. The third-order valence-corrected chi connectivity index (χ3v) is 3.51. The zero-order chi connectivity index (χ0) is 13.7. The summed E-state index contributed by atoms with van der Waals surface area (Å²) < 4.78 is 0. The van der Waals surface area contributed by atoms with Gasteiger partial charge in [-0.3, -0.25) is 4.99 Å². The molecule has 0 bridgehead atoms. The van der Waals surface area contributed by atoms with Gasteiger partial charge in [-0.15, -0.1) is 0 Å². The number of halogens is 1. The maximum absolute atomic E-state index is 6.02. The van der Waals surface area contributed by atoms with Crippen LogP contribution in [0, 0.1) is 0 Å². The summed E-state index contributed by atoms with van der Waals surface area (Å²) in [6, 6.07) is 7.99. The maximum Gasteiger partial charge on any atom is 0.191 e. The molecule has 2 N–H and O–H groups in total. The van der Waals surface area contributed by atoms with Crippen molar-refractivity contribution in [3.63, 3.8) is 0 Å². The summed E-state index contributed by atoms with van der Waals surface area (Å²) in [7, 11) is 0. The average Bonchev–Trinajstić information content (AvgIpc) is 2.45. The molecule has 1 heterocycles. The van der Waals surface area contributed by atoms with Crippen molar-refractivity contribution in [3.05, 3.63) is 29.3 Å². The van der Waals surface area contributed by atoms with Gasteiger partial charge in [-0.25, -0.2) is 0 Å². The first-order chi connectivity index (χ1) is 9.20. The topological polar surface area (TPSA) is 44.9 Å². The Balaban J connectivity index is 1.92. The molecular formula is C14H21ClN4. The molecule has 1 aliphatic rings. The molecule has 0 aliphatic carbocycles. The van der Waals surface area contributed by atoms with Crippen LogP contribution < -0.4 is 10.6 Å². The molecule has 2 rings (SSSR count). The number of benzene rings is 1. The molecule has 0 spiro atoms. The van der Waals surface area contributed by atoms with Crippen LogP contribution in [0.15, 0.2) is 29.3 Å². The number of piperazine rings is 1. The van der Waals surface area contributed by atoms with Gasteiger partial charge in [-0.1, -0.05) is 24.6 Å². The Morgan fingerprint density at radius 1 is 1.32 bits per heavy atom. The fraction of sp³-hybridized carbons (Fsp3) is 0.500. The first kappa shape index (κ1) is 14.0. The lowest BCUT2D eigenvalue weighted by molar-refractivity contribution is 0.381. The summed E-state index contributed by atoms with van der Waals surface area (Å²) in [5, 5.41) is 0.781. The molecule has 1 saturated heterocycles. The van der Waals surface area contributed by atoms with Gasteiger partial charge in [0.1, 0.15) is 0 Å². The summed E-state index contributed by atoms with van der Waals surface area (Å²) in [6.07, 6.45) is 1.03. The molecule has 4 nitrogen and oxygen atoms in total. The van der Waals surface area contributed by atoms with Gasteiger partial charge in [-0.2, -0.15) is 0 Å². The monoisotopic (exact) mass is 280 g/mol. The highest BCUT2D eigenvalue weighted by molar-refractivity contribution is 6.30. The van der Waals surface area contributed by atoms with E-state index in [0.717, 1.165) is 44.2 Å². The molecule has 5 heteroatoms. The van der Waals surface area contributed by atoms with Crippen molar-refractivity contribution >= 4 is 23.2 Å². The maximum atomic E-state index is 6.02. The number of nitrogens with zero attached hydrogens (tertiary/aromatic N) is 3. The molecule has 0 unspecified atom stereocenters. The summed E-state index contributed by atoms with van der Waals surface area (Å²) in [5.41, 5.74) is 7.16. The first-order valence-corrected chi connectivity index (χ1v) is 7.14. The van der Waals surface area contributed by atoms with E-state index in [-0.39, 0.29) is 0 Å². The standard InChI is InChI=1S/C14H21ClN4/c1-2-6-17-14(16)19-9-7-18(8-10-19)13-5-3-4-12(15)11-13/h3-5,11H,2,6-10H2,1H3,(H2,16,17). The molecule has 19 heavy (non-hydrogen) atoms. The Morgan fingerprint density at radius 2 is 2.05 bits per heavy atom. The summed E-state index contributed by atoms with van der Waals surface area (Å²) in [4.78, 5) is 8.84. The van der Waals surface area contributed by atoms with Gasteiger partial charge in [-0.05, 0) is 24.6 Å². The highest BCUT2D eigenvalue weighted by Gasteiger charge is 2.18. The van der Waals surface area contributed by atoms with Crippen LogP contribution in [0.4, 0.5) is 5.69 Å². The molecule has 0 aromatic heterocycles. The van der Waals surface area contributed by atoms with E-state index in [1.54, 1.807) is 0 Å². The zero-order valence-corrected chi connectivity index (χ0v) is 12.1. The van der Waals surface area contributed by atoms with Gasteiger partial charge in [0, 0.05) is 43.4 Å². The number of anilines is 1. The Morgan fingerprint density at radius 3 is 2.68 bits per heavy atom. The zero-order valence-electron chi connectivity index (χ0n) is 11.3. The summed E-state index contributed by atoms with van der Waals surface area (Å²) in [6.45, 7) is 6.62. The molecule has 1 aromatic carbocycles. The third kappa shape index (κ3) is 3.77. The van der Waals surface area contributed by atoms with E-state index < -0.39 is 0 Å². The van der Waals surface area contributed by atoms with Gasteiger partial charge in [0.25, 0.3) is 0 Å². The Labute approximate surface area is 119 Å². The van der Waals surface area contributed by atoms with E-state index >= 15 is 0 Å². The highest BCUT2D eigenvalue weighted by Crippen LogP contribution is 2.20. The fourth-order valence-electron chi connectivity index (χ4n) is 2.19. The van der Waals surface area contributed by atoms with Crippen LogP contribution in [0.1, 0.15) is 13.3 Å². The predicted octanol–water partition coefficient (Wildman–Crippen LogP) is 2.19. The van der Waals surface area contributed by atoms with E-state index in [9.17, 15) is 0 Å². The molecule has 104 valence electrons. The number of guanidine groups is 1. The van der Waals surface area contributed by atoms with Crippen molar-refractivity contribution in [1.82, 2.24) is 4.90 Å². The number of aliphatic imine (C=N–C) groups is 1. The lowest BCUT2D eigenvalue weighted by Gasteiger charge is -2.36. The van der Waals surface area contributed by atoms with Crippen LogP contribution in [0.3, 0.4) is 0 Å². The van der Waals surface area contributed by atoms with Crippen molar-refractivity contribution in [2.75, 3.05) is 37.6 Å². The van der Waals surface area contributed by atoms with E-state index in [1.807, 2.05) is 18.2 Å². The second-order valence-corrected chi connectivity index (χ2v) is 5.13. The van der Waals surface area contributed by atoms with Crippen molar-refractivity contribution < 1.29 is 0 Å². The lowest BCUT2D eigenvalue weighted by Crippen LogP contribution is -2.51. The van der Waals surface area contributed by atoms with Gasteiger partial charge in [0.05, 0.1) is 0 Å². The van der Waals surface area contributed by atoms with Gasteiger partial charge in [0.2, 0.25) is 0 Å². The molecular weight excluding hydrogens is 260 g/mol. The largest absolute Gasteiger partial charge is 0.370 e. The fourth-order valence-corrected chi connectivity index (χ4v) is 2.38. The van der Waals surface area contributed by atoms with Gasteiger partial charge in [0.15, 0.2) is 5.96 Å². The number of nitrogens with two attached hydrogens (primary N) is 1. The molecule has 0 amide bonds. The van der Waals surface area contributed by atoms with Crippen LogP contribution in [0.5, 0.6) is 0 Å². The second-order valence-electron chi connectivity index (χ2n) is 4.69. The van der Waals surface area contributed by atoms with E-state index in [2.05, 4.69) is 27.8 Å². The van der Waals surface area contributed by atoms with Crippen LogP contribution in [0.2, 0.25) is 5.02 Å². The first-order valence-electron chi connectivity index (χ1n) is 6.76. The molecule has 1 aromatic rings. The van der Waals surface area contributed by atoms with Crippen LogP contribution in [0.25, 0.3) is 0 Å². The van der Waals surface area contributed by atoms with E-state index in [0.29, 0.717) is 5.96 Å². The minimum atomic E-state index is 0.674. The normalized spacial score (nSPS) is 16.8. The molecule has 0 radical (unpaired) electrons. The second kappa shape index (κ2) is 6.66. The van der Waals surface area contributed by atoms with Crippen LogP contribution in [-0.4, -0.2) is 43.6 Å². The van der Waals surface area contributed by atoms with Crippen molar-refractivity contribution in [2.45, 2.75) is 13.3 Å². The highest BCUT2D eigenvalue weighted by atomic mass is 35.5. The molecule has 1 fully saturated rings. The third-order valence-electron chi connectivity index (χ3n) is 3.27. The Bertz CT molecular complexity index is 439. The number of hydrogen-bond acceptors (Lipinski definition) is 2. The van der Waals surface area contributed by atoms with Crippen LogP contribution in [-0.2, 0) is 0 Å². The molecule has 0 saturated carbocycles. The van der Waals surface area contributed by atoms with Gasteiger partial charge < -0.3 is 15.5 Å². The average molecular weight is 281 g/mol. The van der Waals surface area contributed by atoms with Crippen molar-refractivity contribution in [1.29, 1.82) is 0 Å². The number of hydrogen-bond donors (Lipinski definition) is 1. The van der Waals surface area contributed by atoms with Crippen LogP contribution >= 0.6 is 11.6 Å². The lowest BCUT2D eigenvalue weighted by atomic mass is 10.2. The Hall–Kier alpha value is -1.42. The molecule has 0 atom stereocenters. The van der Waals surface area contributed by atoms with E-state index in [1.165, 1.54) is 5.69 Å². The molecule has 1 aliphatic heterocycles. The van der Waals surface area contributed by atoms with Crippen molar-refractivity contribution in [2.24, 2.45) is 10.7 Å². The smallest absolute Gasteiger partial charge is 0.191 e. The minimum absolute atomic E-state index is 0.674. The summed E-state index contributed by atoms with van der Waals surface area (Å²) >= 11 is 6.02. The Kier molecular flexibility index (Phi) is 4.91. The van der Waals surface area contributed by atoms with E-state index in [4.69, 9.17) is 17.3 Å². The van der Waals surface area contributed by atoms with Gasteiger partial charge >= 0.3 is 0 Å². The SMILES string of the molecule is CCCN=C(N)N1CCN(c2cccc(Cl)c2)CC1. The summed E-state index contributed by atoms with van der Waals surface area (Å²) in [5.74, 6) is 0.674. The predicted molar refractivity (Wildman–Crippen MR) is 82.0 cm³/mol.